The van der Waals surface area contributed by atoms with E-state index in [9.17, 15) is 18.0 Å². The van der Waals surface area contributed by atoms with Gasteiger partial charge in [0.15, 0.2) is 15.6 Å². The third-order valence-corrected chi connectivity index (χ3v) is 8.69. The molecule has 8 heteroatoms. The SMILES string of the molecule is Cc1cc(C)c(CCC(=O)c2cc(-c3ccc4c(c3)CS(=O)(=O)C4)cc(-c3ccnn3C)c2C)c(=O)[nH]1. The van der Waals surface area contributed by atoms with Crippen molar-refractivity contribution < 1.29 is 13.2 Å². The van der Waals surface area contributed by atoms with Gasteiger partial charge in [-0.2, -0.15) is 5.10 Å². The average molecular weight is 516 g/mol. The van der Waals surface area contributed by atoms with Gasteiger partial charge in [-0.25, -0.2) is 8.42 Å². The zero-order valence-electron chi connectivity index (χ0n) is 21.4. The van der Waals surface area contributed by atoms with Crippen LogP contribution >= 0.6 is 0 Å². The average Bonchev–Trinajstić information content (AvgIpc) is 3.38. The number of carbonyl (C=O) groups is 1. The largest absolute Gasteiger partial charge is 0.326 e. The Kier molecular flexibility index (Phi) is 6.23. The van der Waals surface area contributed by atoms with E-state index in [1.54, 1.807) is 10.9 Å². The Morgan fingerprint density at radius 2 is 1.76 bits per heavy atom. The molecule has 0 amide bonds. The Balaban J connectivity index is 1.57. The Hall–Kier alpha value is -3.78. The number of benzene rings is 2. The molecule has 0 radical (unpaired) electrons. The Bertz CT molecular complexity index is 1730. The Morgan fingerprint density at radius 1 is 1.00 bits per heavy atom. The maximum absolute atomic E-state index is 13.6. The smallest absolute Gasteiger partial charge is 0.251 e. The number of aryl methyl sites for hydroxylation is 3. The number of pyridine rings is 1. The van der Waals surface area contributed by atoms with Crippen LogP contribution in [0.1, 0.15) is 50.3 Å². The molecule has 5 rings (SSSR count). The first kappa shape index (κ1) is 24.9. The topological polar surface area (TPSA) is 102 Å². The number of nitrogens with zero attached hydrogens (tertiary/aromatic N) is 2. The van der Waals surface area contributed by atoms with E-state index in [1.807, 2.05) is 70.3 Å². The summed E-state index contributed by atoms with van der Waals surface area (Å²) in [6.45, 7) is 5.66. The minimum Gasteiger partial charge on any atom is -0.326 e. The monoisotopic (exact) mass is 515 g/mol. The number of fused-ring (bicyclic) bond motifs is 1. The van der Waals surface area contributed by atoms with Crippen molar-refractivity contribution in [3.05, 3.63) is 98.1 Å². The highest BCUT2D eigenvalue weighted by atomic mass is 32.2. The molecular formula is C29H29N3O4S. The second-order valence-corrected chi connectivity index (χ2v) is 12.0. The molecule has 190 valence electrons. The molecule has 3 heterocycles. The van der Waals surface area contributed by atoms with E-state index in [-0.39, 0.29) is 29.3 Å². The second kappa shape index (κ2) is 9.27. The number of nitrogens with one attached hydrogen (secondary N) is 1. The number of H-pyrrole nitrogens is 1. The minimum absolute atomic E-state index is 0.0346. The molecule has 1 aliphatic rings. The lowest BCUT2D eigenvalue weighted by Crippen LogP contribution is -2.17. The number of sulfone groups is 1. The number of rotatable bonds is 6. The van der Waals surface area contributed by atoms with Crippen LogP contribution in [0.4, 0.5) is 0 Å². The molecule has 0 spiro atoms. The number of Topliss-reactive ketones (excluding diaryl/α,β-unsaturated/α-hetero) is 1. The van der Waals surface area contributed by atoms with Gasteiger partial charge >= 0.3 is 0 Å². The van der Waals surface area contributed by atoms with Crippen molar-refractivity contribution in [3.63, 3.8) is 0 Å². The molecule has 0 atom stereocenters. The fourth-order valence-electron chi connectivity index (χ4n) is 5.25. The number of hydrogen-bond acceptors (Lipinski definition) is 5. The summed E-state index contributed by atoms with van der Waals surface area (Å²) in [6.07, 6.45) is 2.27. The molecular weight excluding hydrogens is 486 g/mol. The van der Waals surface area contributed by atoms with Crippen LogP contribution < -0.4 is 5.56 Å². The Morgan fingerprint density at radius 3 is 2.46 bits per heavy atom. The molecule has 4 aromatic rings. The highest BCUT2D eigenvalue weighted by Gasteiger charge is 2.25. The standard InChI is InChI=1S/C29H29N3O4S/c1-17-11-18(2)31-29(34)24(17)7-8-28(33)26-14-22(13-25(19(26)3)27-9-10-30-32(27)4)20-5-6-21-15-37(35,36)16-23(21)12-20/h5-6,9-14H,7-8,15-16H2,1-4H3,(H,31,34). The first-order chi connectivity index (χ1) is 17.5. The molecule has 2 aromatic carbocycles. The maximum atomic E-state index is 13.6. The summed E-state index contributed by atoms with van der Waals surface area (Å²) in [5.41, 5.74) is 8.67. The summed E-state index contributed by atoms with van der Waals surface area (Å²) >= 11 is 0. The van der Waals surface area contributed by atoms with Crippen molar-refractivity contribution in [2.45, 2.75) is 45.1 Å². The number of hydrogen-bond donors (Lipinski definition) is 1. The van der Waals surface area contributed by atoms with Crippen LogP contribution in [-0.2, 0) is 34.8 Å². The van der Waals surface area contributed by atoms with Gasteiger partial charge in [0.1, 0.15) is 0 Å². The van der Waals surface area contributed by atoms with Crippen LogP contribution in [-0.4, -0.2) is 29.0 Å². The van der Waals surface area contributed by atoms with Gasteiger partial charge in [-0.15, -0.1) is 0 Å². The summed E-state index contributed by atoms with van der Waals surface area (Å²) in [5, 5.41) is 4.30. The molecule has 1 aliphatic heterocycles. The molecule has 2 aromatic heterocycles. The van der Waals surface area contributed by atoms with Gasteiger partial charge in [-0.3, -0.25) is 14.3 Å². The summed E-state index contributed by atoms with van der Waals surface area (Å²) < 4.78 is 26.1. The van der Waals surface area contributed by atoms with Crippen molar-refractivity contribution in [1.82, 2.24) is 14.8 Å². The lowest BCUT2D eigenvalue weighted by Gasteiger charge is -2.15. The molecule has 0 saturated carbocycles. The predicted octanol–water partition coefficient (Wildman–Crippen LogP) is 4.61. The van der Waals surface area contributed by atoms with Gasteiger partial charge in [-0.1, -0.05) is 12.1 Å². The van der Waals surface area contributed by atoms with Crippen LogP contribution in [0.15, 0.2) is 53.5 Å². The van der Waals surface area contributed by atoms with Crippen molar-refractivity contribution in [1.29, 1.82) is 0 Å². The van der Waals surface area contributed by atoms with E-state index in [1.165, 1.54) is 0 Å². The molecule has 0 unspecified atom stereocenters. The molecule has 7 nitrogen and oxygen atoms in total. The van der Waals surface area contributed by atoms with E-state index >= 15 is 0 Å². The molecule has 0 aliphatic carbocycles. The summed E-state index contributed by atoms with van der Waals surface area (Å²) in [6, 6.07) is 13.4. The van der Waals surface area contributed by atoms with Gasteiger partial charge < -0.3 is 4.98 Å². The Labute approximate surface area is 216 Å². The molecule has 0 fully saturated rings. The summed E-state index contributed by atoms with van der Waals surface area (Å²) in [7, 11) is -1.26. The van der Waals surface area contributed by atoms with Gasteiger partial charge in [-0.05, 0) is 90.9 Å². The van der Waals surface area contributed by atoms with E-state index in [4.69, 9.17) is 0 Å². The van der Waals surface area contributed by atoms with Crippen LogP contribution in [0.25, 0.3) is 22.4 Å². The number of ketones is 1. The van der Waals surface area contributed by atoms with E-state index < -0.39 is 9.84 Å². The van der Waals surface area contributed by atoms with Gasteiger partial charge in [0.25, 0.3) is 5.56 Å². The third kappa shape index (κ3) is 4.81. The van der Waals surface area contributed by atoms with Crippen molar-refractivity contribution in [3.8, 4) is 22.4 Å². The van der Waals surface area contributed by atoms with Crippen molar-refractivity contribution in [2.24, 2.45) is 7.05 Å². The fraction of sp³-hybridized carbons (Fsp3) is 0.276. The molecule has 0 bridgehead atoms. The molecule has 0 saturated heterocycles. The van der Waals surface area contributed by atoms with E-state index in [0.29, 0.717) is 17.5 Å². The third-order valence-electron chi connectivity index (χ3n) is 7.19. The zero-order valence-corrected chi connectivity index (χ0v) is 22.2. The van der Waals surface area contributed by atoms with Gasteiger partial charge in [0, 0.05) is 42.0 Å². The first-order valence-corrected chi connectivity index (χ1v) is 14.0. The van der Waals surface area contributed by atoms with E-state index in [2.05, 4.69) is 10.1 Å². The van der Waals surface area contributed by atoms with Crippen LogP contribution in [0.3, 0.4) is 0 Å². The van der Waals surface area contributed by atoms with Crippen molar-refractivity contribution >= 4 is 15.6 Å². The first-order valence-electron chi connectivity index (χ1n) is 12.2. The molecule has 37 heavy (non-hydrogen) atoms. The highest BCUT2D eigenvalue weighted by Crippen LogP contribution is 2.35. The lowest BCUT2D eigenvalue weighted by atomic mass is 9.89. The lowest BCUT2D eigenvalue weighted by molar-refractivity contribution is 0.0982. The predicted molar refractivity (Wildman–Crippen MR) is 144 cm³/mol. The highest BCUT2D eigenvalue weighted by molar-refractivity contribution is 7.90. The fourth-order valence-corrected chi connectivity index (χ4v) is 6.85. The summed E-state index contributed by atoms with van der Waals surface area (Å²) in [4.78, 5) is 28.9. The second-order valence-electron chi connectivity index (χ2n) is 9.92. The molecule has 1 N–H and O–H groups in total. The van der Waals surface area contributed by atoms with Crippen LogP contribution in [0.5, 0.6) is 0 Å². The van der Waals surface area contributed by atoms with E-state index in [0.717, 1.165) is 50.3 Å². The van der Waals surface area contributed by atoms with Gasteiger partial charge in [0.05, 0.1) is 17.2 Å². The summed E-state index contributed by atoms with van der Waals surface area (Å²) in [5.74, 6) is 0.0520. The minimum atomic E-state index is -3.12. The maximum Gasteiger partial charge on any atom is 0.251 e. The normalized spacial score (nSPS) is 14.1. The van der Waals surface area contributed by atoms with Crippen molar-refractivity contribution in [2.75, 3.05) is 0 Å². The van der Waals surface area contributed by atoms with Crippen LogP contribution in [0, 0.1) is 20.8 Å². The number of aromatic nitrogens is 3. The zero-order chi connectivity index (χ0) is 26.5. The van der Waals surface area contributed by atoms with Crippen LogP contribution in [0.2, 0.25) is 0 Å². The number of carbonyl (C=O) groups excluding carboxylic acids is 1. The van der Waals surface area contributed by atoms with Gasteiger partial charge in [0.2, 0.25) is 0 Å². The quantitative estimate of drug-likeness (QED) is 0.378. The number of aromatic amines is 1.